The summed E-state index contributed by atoms with van der Waals surface area (Å²) < 4.78 is 5.72. The van der Waals surface area contributed by atoms with Crippen LogP contribution in [0.25, 0.3) is 0 Å². The van der Waals surface area contributed by atoms with Crippen molar-refractivity contribution in [3.8, 4) is 0 Å². The fourth-order valence-electron chi connectivity index (χ4n) is 3.77. The molecule has 0 aromatic heterocycles. The van der Waals surface area contributed by atoms with Crippen molar-refractivity contribution in [3.63, 3.8) is 0 Å². The number of nitrogens with two attached hydrogens (primary N) is 1. The van der Waals surface area contributed by atoms with E-state index in [1.54, 1.807) is 0 Å². The Bertz CT molecular complexity index is 645. The molecule has 2 aliphatic heterocycles. The number of hydrogen-bond donors (Lipinski definition) is 1. The number of benzene rings is 1. The van der Waals surface area contributed by atoms with Crippen LogP contribution in [0.3, 0.4) is 0 Å². The molecule has 2 fully saturated rings. The number of carbonyl (C=O) groups excluding carboxylic acids is 2. The molecule has 0 bridgehead atoms. The third-order valence-corrected chi connectivity index (χ3v) is 5.55. The quantitative estimate of drug-likeness (QED) is 0.839. The summed E-state index contributed by atoms with van der Waals surface area (Å²) in [7, 11) is 0. The van der Waals surface area contributed by atoms with Crippen molar-refractivity contribution in [1.82, 2.24) is 9.80 Å². The molecule has 0 unspecified atom stereocenters. The predicted molar refractivity (Wildman–Crippen MR) is 107 cm³/mol. The third kappa shape index (κ3) is 4.62. The second-order valence-electron chi connectivity index (χ2n) is 7.67. The zero-order chi connectivity index (χ0) is 18.7. The molecule has 27 heavy (non-hydrogen) atoms. The summed E-state index contributed by atoms with van der Waals surface area (Å²) in [5.41, 5.74) is 6.06. The number of carbonyl (C=O) groups is 2. The van der Waals surface area contributed by atoms with Crippen molar-refractivity contribution in [1.29, 1.82) is 0 Å². The van der Waals surface area contributed by atoms with E-state index in [0.29, 0.717) is 32.7 Å². The van der Waals surface area contributed by atoms with Gasteiger partial charge in [0.2, 0.25) is 5.91 Å². The lowest BCUT2D eigenvalue weighted by Crippen LogP contribution is -2.55. The van der Waals surface area contributed by atoms with E-state index >= 15 is 0 Å². The number of halogens is 1. The van der Waals surface area contributed by atoms with Crippen LogP contribution in [0.15, 0.2) is 30.3 Å². The third-order valence-electron chi connectivity index (χ3n) is 5.55. The van der Waals surface area contributed by atoms with Gasteiger partial charge in [0.15, 0.2) is 0 Å². The minimum absolute atomic E-state index is 0. The number of rotatable bonds is 4. The average Bonchev–Trinajstić information content (AvgIpc) is 3.17. The highest BCUT2D eigenvalue weighted by Crippen LogP contribution is 2.27. The maximum absolute atomic E-state index is 13.0. The van der Waals surface area contributed by atoms with E-state index in [0.717, 1.165) is 18.4 Å². The Balaban J connectivity index is 0.00000261. The van der Waals surface area contributed by atoms with Crippen molar-refractivity contribution in [2.24, 2.45) is 5.73 Å². The van der Waals surface area contributed by atoms with E-state index in [2.05, 4.69) is 0 Å². The number of piperazine rings is 1. The molecule has 6 nitrogen and oxygen atoms in total. The summed E-state index contributed by atoms with van der Waals surface area (Å²) in [5, 5.41) is 0. The zero-order valence-electron chi connectivity index (χ0n) is 16.1. The van der Waals surface area contributed by atoms with Crippen molar-refractivity contribution < 1.29 is 14.3 Å². The fourth-order valence-corrected chi connectivity index (χ4v) is 3.77. The van der Waals surface area contributed by atoms with Crippen LogP contribution in [0.2, 0.25) is 0 Å². The van der Waals surface area contributed by atoms with E-state index < -0.39 is 5.41 Å². The van der Waals surface area contributed by atoms with Crippen LogP contribution < -0.4 is 5.73 Å². The van der Waals surface area contributed by atoms with Gasteiger partial charge in [0.1, 0.15) is 6.10 Å². The highest BCUT2D eigenvalue weighted by atomic mass is 35.5. The molecule has 2 saturated heterocycles. The fraction of sp³-hybridized carbons (Fsp3) is 0.600. The highest BCUT2D eigenvalue weighted by Gasteiger charge is 2.38. The molecule has 3 rings (SSSR count). The minimum atomic E-state index is -0.573. The summed E-state index contributed by atoms with van der Waals surface area (Å²) >= 11 is 0. The van der Waals surface area contributed by atoms with Crippen molar-refractivity contribution in [2.75, 3.05) is 32.7 Å². The molecule has 0 spiro atoms. The molecule has 2 amide bonds. The Hall–Kier alpha value is -1.63. The van der Waals surface area contributed by atoms with E-state index in [4.69, 9.17) is 10.5 Å². The smallest absolute Gasteiger partial charge is 0.251 e. The molecule has 0 aliphatic carbocycles. The van der Waals surface area contributed by atoms with Crippen LogP contribution >= 0.6 is 12.4 Å². The highest BCUT2D eigenvalue weighted by molar-refractivity contribution is 5.88. The zero-order valence-corrected chi connectivity index (χ0v) is 16.9. The molecular weight excluding hydrogens is 366 g/mol. The molecule has 150 valence electrons. The first-order valence-corrected chi connectivity index (χ1v) is 9.42. The van der Waals surface area contributed by atoms with Crippen LogP contribution in [0.5, 0.6) is 0 Å². The van der Waals surface area contributed by atoms with E-state index in [1.807, 2.05) is 54.0 Å². The van der Waals surface area contributed by atoms with Gasteiger partial charge in [-0.25, -0.2) is 0 Å². The van der Waals surface area contributed by atoms with E-state index in [1.165, 1.54) is 0 Å². The molecule has 0 saturated carbocycles. The normalized spacial score (nSPS) is 23.1. The van der Waals surface area contributed by atoms with Gasteiger partial charge in [0, 0.05) is 32.7 Å². The number of nitrogens with zero attached hydrogens (tertiary/aromatic N) is 2. The summed E-state index contributed by atoms with van der Waals surface area (Å²) in [4.78, 5) is 29.3. The van der Waals surface area contributed by atoms with Gasteiger partial charge in [0.25, 0.3) is 5.91 Å². The van der Waals surface area contributed by atoms with Crippen molar-refractivity contribution in [3.05, 3.63) is 35.9 Å². The topological polar surface area (TPSA) is 75.9 Å². The van der Waals surface area contributed by atoms with Crippen LogP contribution in [-0.2, 0) is 19.7 Å². The van der Waals surface area contributed by atoms with Gasteiger partial charge >= 0.3 is 0 Å². The lowest BCUT2D eigenvalue weighted by atomic mass is 9.83. The molecule has 2 aliphatic rings. The monoisotopic (exact) mass is 395 g/mol. The van der Waals surface area contributed by atoms with Gasteiger partial charge in [-0.3, -0.25) is 9.59 Å². The molecule has 7 heteroatoms. The first-order chi connectivity index (χ1) is 12.4. The molecule has 1 aromatic rings. The average molecular weight is 396 g/mol. The number of ether oxygens (including phenoxy) is 1. The van der Waals surface area contributed by atoms with Gasteiger partial charge in [-0.05, 0) is 32.3 Å². The Kier molecular flexibility index (Phi) is 7.25. The van der Waals surface area contributed by atoms with Gasteiger partial charge in [0.05, 0.1) is 11.5 Å². The van der Waals surface area contributed by atoms with Gasteiger partial charge in [-0.15, -0.1) is 12.4 Å². The van der Waals surface area contributed by atoms with Crippen LogP contribution in [0.1, 0.15) is 32.3 Å². The summed E-state index contributed by atoms with van der Waals surface area (Å²) in [5.74, 6) is 0.145. The lowest BCUT2D eigenvalue weighted by Gasteiger charge is -2.39. The van der Waals surface area contributed by atoms with Gasteiger partial charge in [-0.1, -0.05) is 30.3 Å². The van der Waals surface area contributed by atoms with Gasteiger partial charge < -0.3 is 20.3 Å². The number of amides is 2. The largest absolute Gasteiger partial charge is 0.364 e. The van der Waals surface area contributed by atoms with E-state index in [9.17, 15) is 9.59 Å². The Labute approximate surface area is 167 Å². The van der Waals surface area contributed by atoms with Crippen LogP contribution in [0.4, 0.5) is 0 Å². The molecule has 2 heterocycles. The number of hydrogen-bond acceptors (Lipinski definition) is 4. The van der Waals surface area contributed by atoms with Gasteiger partial charge in [-0.2, -0.15) is 0 Å². The SMILES string of the molecule is CC(C)(C(=O)N1CCN(C(=O)[C@@H]2CC[C@H](CN)O2)CC1)c1ccccc1.Cl. The summed E-state index contributed by atoms with van der Waals surface area (Å²) in [6.45, 7) is 6.62. The Morgan fingerprint density at radius 1 is 1.07 bits per heavy atom. The van der Waals surface area contributed by atoms with E-state index in [-0.39, 0.29) is 36.4 Å². The Morgan fingerprint density at radius 3 is 2.22 bits per heavy atom. The standard InChI is InChI=1S/C20H29N3O3.ClH/c1-20(2,15-6-4-3-5-7-15)19(25)23-12-10-22(11-13-23)18(24)17-9-8-16(14-21)26-17;/h3-7,16-17H,8-14,21H2,1-2H3;1H/t16-,17+;/m1./s1. The maximum Gasteiger partial charge on any atom is 0.251 e. The molecular formula is C20H30ClN3O3. The Morgan fingerprint density at radius 2 is 1.67 bits per heavy atom. The summed E-state index contributed by atoms with van der Waals surface area (Å²) in [6, 6.07) is 9.84. The van der Waals surface area contributed by atoms with Crippen molar-refractivity contribution in [2.45, 2.75) is 44.3 Å². The second-order valence-corrected chi connectivity index (χ2v) is 7.67. The van der Waals surface area contributed by atoms with Crippen LogP contribution in [-0.4, -0.2) is 66.5 Å². The summed E-state index contributed by atoms with van der Waals surface area (Å²) in [6.07, 6.45) is 1.21. The molecule has 0 radical (unpaired) electrons. The van der Waals surface area contributed by atoms with Crippen molar-refractivity contribution >= 4 is 24.2 Å². The minimum Gasteiger partial charge on any atom is -0.364 e. The predicted octanol–water partition coefficient (Wildman–Crippen LogP) is 1.56. The first-order valence-electron chi connectivity index (χ1n) is 9.42. The first kappa shape index (κ1) is 21.7. The van der Waals surface area contributed by atoms with Crippen LogP contribution in [0, 0.1) is 0 Å². The molecule has 2 atom stereocenters. The molecule has 2 N–H and O–H groups in total. The second kappa shape index (κ2) is 9.04. The molecule has 1 aromatic carbocycles. The maximum atomic E-state index is 13.0. The lowest BCUT2D eigenvalue weighted by molar-refractivity contribution is -0.148.